The second-order valence-corrected chi connectivity index (χ2v) is 4.43. The van der Waals surface area contributed by atoms with E-state index in [2.05, 4.69) is 5.32 Å². The van der Waals surface area contributed by atoms with Crippen molar-refractivity contribution in [3.05, 3.63) is 44.0 Å². The summed E-state index contributed by atoms with van der Waals surface area (Å²) in [6.07, 6.45) is -0.234. The summed E-state index contributed by atoms with van der Waals surface area (Å²) in [5, 5.41) is 24.2. The first kappa shape index (κ1) is 16.5. The number of amides is 1. The van der Waals surface area contributed by atoms with Crippen LogP contribution < -0.4 is 5.32 Å². The van der Waals surface area contributed by atoms with Crippen molar-refractivity contribution in [1.82, 2.24) is 5.32 Å². The van der Waals surface area contributed by atoms with Crippen LogP contribution in [0.5, 0.6) is 0 Å². The second kappa shape index (κ2) is 7.29. The molecule has 9 heteroatoms. The maximum absolute atomic E-state index is 11.8. The molecule has 1 atom stereocenters. The van der Waals surface area contributed by atoms with Gasteiger partial charge in [0.15, 0.2) is 0 Å². The SMILES string of the molecule is COCC(C)NC(=O)Cc1ccc([N+](=O)[O-])cc1[N+](=O)[O-]. The van der Waals surface area contributed by atoms with Crippen LogP contribution in [0.3, 0.4) is 0 Å². The predicted molar refractivity (Wildman–Crippen MR) is 72.9 cm³/mol. The Bertz CT molecular complexity index is 560. The lowest BCUT2D eigenvalue weighted by Gasteiger charge is -2.12. The smallest absolute Gasteiger partial charge is 0.279 e. The van der Waals surface area contributed by atoms with E-state index >= 15 is 0 Å². The molecule has 0 saturated carbocycles. The number of nitro groups is 2. The highest BCUT2D eigenvalue weighted by molar-refractivity contribution is 5.80. The largest absolute Gasteiger partial charge is 0.383 e. The lowest BCUT2D eigenvalue weighted by Crippen LogP contribution is -2.36. The van der Waals surface area contributed by atoms with Crippen molar-refractivity contribution in [2.75, 3.05) is 13.7 Å². The average Bonchev–Trinajstić information content (AvgIpc) is 2.38. The van der Waals surface area contributed by atoms with E-state index in [1.54, 1.807) is 6.92 Å². The molecule has 0 fully saturated rings. The molecular weight excluding hydrogens is 282 g/mol. The Kier molecular flexibility index (Phi) is 5.73. The molecule has 0 spiro atoms. The normalized spacial score (nSPS) is 11.7. The van der Waals surface area contributed by atoms with Gasteiger partial charge in [-0.15, -0.1) is 0 Å². The van der Waals surface area contributed by atoms with Crippen molar-refractivity contribution >= 4 is 17.3 Å². The zero-order chi connectivity index (χ0) is 16.0. The van der Waals surface area contributed by atoms with Gasteiger partial charge in [-0.05, 0) is 13.0 Å². The first-order valence-electron chi connectivity index (χ1n) is 6.05. The third kappa shape index (κ3) is 4.80. The molecule has 1 aromatic rings. The molecule has 0 bridgehead atoms. The summed E-state index contributed by atoms with van der Waals surface area (Å²) in [5.41, 5.74) is -0.718. The molecule has 0 aliphatic heterocycles. The first-order chi connectivity index (χ1) is 9.85. The standard InChI is InChI=1S/C12H15N3O6/c1-8(7-21-2)13-12(16)5-9-3-4-10(14(17)18)6-11(9)15(19)20/h3-4,6,8H,5,7H2,1-2H3,(H,13,16). The number of hydrogen-bond acceptors (Lipinski definition) is 6. The van der Waals surface area contributed by atoms with Crippen molar-refractivity contribution in [3.8, 4) is 0 Å². The summed E-state index contributed by atoms with van der Waals surface area (Å²) in [5.74, 6) is -0.420. The maximum atomic E-state index is 11.8. The van der Waals surface area contributed by atoms with Crippen LogP contribution in [0, 0.1) is 20.2 Å². The highest BCUT2D eigenvalue weighted by Gasteiger charge is 2.21. The van der Waals surface area contributed by atoms with Crippen molar-refractivity contribution in [1.29, 1.82) is 0 Å². The molecule has 1 amide bonds. The van der Waals surface area contributed by atoms with Crippen LogP contribution >= 0.6 is 0 Å². The topological polar surface area (TPSA) is 125 Å². The Labute approximate surface area is 120 Å². The maximum Gasteiger partial charge on any atom is 0.279 e. The highest BCUT2D eigenvalue weighted by Crippen LogP contribution is 2.24. The third-order valence-electron chi connectivity index (χ3n) is 2.65. The number of carbonyl (C=O) groups excluding carboxylic acids is 1. The minimum Gasteiger partial charge on any atom is -0.383 e. The van der Waals surface area contributed by atoms with Crippen molar-refractivity contribution < 1.29 is 19.4 Å². The van der Waals surface area contributed by atoms with E-state index < -0.39 is 27.1 Å². The lowest BCUT2D eigenvalue weighted by atomic mass is 10.1. The van der Waals surface area contributed by atoms with Gasteiger partial charge in [0.1, 0.15) is 0 Å². The first-order valence-corrected chi connectivity index (χ1v) is 6.05. The van der Waals surface area contributed by atoms with Gasteiger partial charge in [-0.3, -0.25) is 25.0 Å². The van der Waals surface area contributed by atoms with Crippen LogP contribution in [0.2, 0.25) is 0 Å². The Morgan fingerprint density at radius 1 is 1.33 bits per heavy atom. The number of nitrogens with zero attached hydrogens (tertiary/aromatic N) is 2. The molecular formula is C12H15N3O6. The molecule has 0 aromatic heterocycles. The summed E-state index contributed by atoms with van der Waals surface area (Å²) in [6.45, 7) is 2.04. The average molecular weight is 297 g/mol. The number of hydrogen-bond donors (Lipinski definition) is 1. The second-order valence-electron chi connectivity index (χ2n) is 4.43. The molecule has 21 heavy (non-hydrogen) atoms. The summed E-state index contributed by atoms with van der Waals surface area (Å²) in [4.78, 5) is 31.9. The van der Waals surface area contributed by atoms with Gasteiger partial charge in [0.05, 0.1) is 28.9 Å². The molecule has 0 heterocycles. The summed E-state index contributed by atoms with van der Waals surface area (Å²) < 4.78 is 4.86. The van der Waals surface area contributed by atoms with E-state index in [4.69, 9.17) is 4.74 Å². The zero-order valence-corrected chi connectivity index (χ0v) is 11.6. The van der Waals surface area contributed by atoms with Gasteiger partial charge in [-0.2, -0.15) is 0 Å². The molecule has 9 nitrogen and oxygen atoms in total. The number of carbonyl (C=O) groups is 1. The van der Waals surface area contributed by atoms with Gasteiger partial charge in [0, 0.05) is 24.8 Å². The fourth-order valence-corrected chi connectivity index (χ4v) is 1.78. The van der Waals surface area contributed by atoms with Gasteiger partial charge in [0.2, 0.25) is 5.91 Å². The van der Waals surface area contributed by atoms with Crippen LogP contribution in [-0.4, -0.2) is 35.5 Å². The van der Waals surface area contributed by atoms with Crippen molar-refractivity contribution in [2.45, 2.75) is 19.4 Å². The number of rotatable bonds is 7. The third-order valence-corrected chi connectivity index (χ3v) is 2.65. The number of nitrogens with one attached hydrogen (secondary N) is 1. The van der Waals surface area contributed by atoms with E-state index in [9.17, 15) is 25.0 Å². The molecule has 114 valence electrons. The summed E-state index contributed by atoms with van der Waals surface area (Å²) in [7, 11) is 1.49. The van der Waals surface area contributed by atoms with Gasteiger partial charge < -0.3 is 10.1 Å². The van der Waals surface area contributed by atoms with E-state index in [0.29, 0.717) is 6.61 Å². The molecule has 1 unspecified atom stereocenters. The molecule has 1 N–H and O–H groups in total. The van der Waals surface area contributed by atoms with E-state index in [0.717, 1.165) is 12.1 Å². The number of methoxy groups -OCH3 is 1. The zero-order valence-electron chi connectivity index (χ0n) is 11.6. The van der Waals surface area contributed by atoms with Gasteiger partial charge >= 0.3 is 0 Å². The number of nitro benzene ring substituents is 2. The number of non-ortho nitro benzene ring substituents is 1. The van der Waals surface area contributed by atoms with Crippen molar-refractivity contribution in [3.63, 3.8) is 0 Å². The van der Waals surface area contributed by atoms with Crippen LogP contribution in [0.15, 0.2) is 18.2 Å². The van der Waals surface area contributed by atoms with Crippen LogP contribution in [-0.2, 0) is 16.0 Å². The minimum absolute atomic E-state index is 0.118. The monoisotopic (exact) mass is 297 g/mol. The highest BCUT2D eigenvalue weighted by atomic mass is 16.6. The molecule has 0 saturated heterocycles. The predicted octanol–water partition coefficient (Wildman–Crippen LogP) is 1.20. The molecule has 1 rings (SSSR count). The van der Waals surface area contributed by atoms with Crippen LogP contribution in [0.25, 0.3) is 0 Å². The number of benzene rings is 1. The van der Waals surface area contributed by atoms with Gasteiger partial charge in [-0.1, -0.05) is 0 Å². The number of ether oxygens (including phenoxy) is 1. The van der Waals surface area contributed by atoms with E-state index in [1.807, 2.05) is 0 Å². The van der Waals surface area contributed by atoms with Gasteiger partial charge in [-0.25, -0.2) is 0 Å². The Morgan fingerprint density at radius 2 is 2.00 bits per heavy atom. The molecule has 0 radical (unpaired) electrons. The quantitative estimate of drug-likeness (QED) is 0.595. The van der Waals surface area contributed by atoms with Crippen LogP contribution in [0.4, 0.5) is 11.4 Å². The molecule has 0 aliphatic carbocycles. The lowest BCUT2D eigenvalue weighted by molar-refractivity contribution is -0.394. The van der Waals surface area contributed by atoms with Crippen molar-refractivity contribution in [2.24, 2.45) is 0 Å². The van der Waals surface area contributed by atoms with Crippen LogP contribution in [0.1, 0.15) is 12.5 Å². The fraction of sp³-hybridized carbons (Fsp3) is 0.417. The summed E-state index contributed by atoms with van der Waals surface area (Å²) in [6, 6.07) is 2.96. The summed E-state index contributed by atoms with van der Waals surface area (Å²) >= 11 is 0. The Hall–Kier alpha value is -2.55. The fourth-order valence-electron chi connectivity index (χ4n) is 1.78. The van der Waals surface area contributed by atoms with E-state index in [1.165, 1.54) is 13.2 Å². The molecule has 0 aliphatic rings. The molecule has 1 aromatic carbocycles. The van der Waals surface area contributed by atoms with E-state index in [-0.39, 0.29) is 18.0 Å². The Morgan fingerprint density at radius 3 is 2.52 bits per heavy atom. The Balaban J connectivity index is 2.90. The van der Waals surface area contributed by atoms with Gasteiger partial charge in [0.25, 0.3) is 11.4 Å². The minimum atomic E-state index is -0.742.